The van der Waals surface area contributed by atoms with E-state index in [0.29, 0.717) is 11.6 Å². The first-order chi connectivity index (χ1) is 7.56. The van der Waals surface area contributed by atoms with Crippen LogP contribution in [0.5, 0.6) is 0 Å². The Morgan fingerprint density at radius 2 is 2.12 bits per heavy atom. The molecule has 0 aliphatic carbocycles. The maximum Gasteiger partial charge on any atom is 0.124 e. The Kier molecular flexibility index (Phi) is 2.97. The van der Waals surface area contributed by atoms with E-state index in [1.54, 1.807) is 6.07 Å². The first-order valence-electron chi connectivity index (χ1n) is 5.00. The fraction of sp³-hybridized carbons (Fsp3) is 0.250. The largest absolute Gasteiger partial charge is 0.330 e. The predicted octanol–water partition coefficient (Wildman–Crippen LogP) is 3.34. The smallest absolute Gasteiger partial charge is 0.124 e. The summed E-state index contributed by atoms with van der Waals surface area (Å²) in [5.74, 6) is 0.616. The number of nitrogens with zero attached hydrogens (tertiary/aromatic N) is 2. The van der Waals surface area contributed by atoms with E-state index < -0.39 is 0 Å². The van der Waals surface area contributed by atoms with Gasteiger partial charge in [0.1, 0.15) is 11.6 Å². The first-order valence-corrected chi connectivity index (χ1v) is 5.38. The number of hydrogen-bond donors (Lipinski definition) is 0. The molecule has 0 atom stereocenters. The summed E-state index contributed by atoms with van der Waals surface area (Å²) in [6.45, 7) is 4.49. The molecule has 0 N–H and O–H groups in total. The van der Waals surface area contributed by atoms with Crippen LogP contribution in [0.4, 0.5) is 4.39 Å². The van der Waals surface area contributed by atoms with Gasteiger partial charge >= 0.3 is 0 Å². The van der Waals surface area contributed by atoms with E-state index >= 15 is 0 Å². The number of benzene rings is 1. The Labute approximate surface area is 98.7 Å². The van der Waals surface area contributed by atoms with Crippen molar-refractivity contribution in [3.05, 3.63) is 52.3 Å². The van der Waals surface area contributed by atoms with Crippen LogP contribution < -0.4 is 0 Å². The molecular weight excluding hydrogens is 227 g/mol. The van der Waals surface area contributed by atoms with Crippen LogP contribution in [-0.2, 0) is 6.54 Å². The first kappa shape index (κ1) is 11.1. The summed E-state index contributed by atoms with van der Waals surface area (Å²) in [6.07, 6.45) is 1.95. The molecule has 1 aromatic heterocycles. The zero-order valence-corrected chi connectivity index (χ0v) is 9.92. The highest BCUT2D eigenvalue weighted by Gasteiger charge is 2.05. The van der Waals surface area contributed by atoms with Gasteiger partial charge in [0, 0.05) is 11.2 Å². The standard InChI is InChI=1S/C12H12ClFN2/c1-8-6-16(9(2)15-8)7-10-3-4-11(14)5-12(10)13/h3-6H,7H2,1-2H3. The lowest BCUT2D eigenvalue weighted by Crippen LogP contribution is -2.01. The van der Waals surface area contributed by atoms with E-state index in [9.17, 15) is 4.39 Å². The Bertz CT molecular complexity index is 520. The minimum Gasteiger partial charge on any atom is -0.330 e. The van der Waals surface area contributed by atoms with Crippen LogP contribution >= 0.6 is 11.6 Å². The van der Waals surface area contributed by atoms with Crippen molar-refractivity contribution >= 4 is 11.6 Å². The molecule has 0 fully saturated rings. The third kappa shape index (κ3) is 2.25. The SMILES string of the molecule is Cc1cn(Cc2ccc(F)cc2Cl)c(C)n1. The number of halogens is 2. The lowest BCUT2D eigenvalue weighted by molar-refractivity contribution is 0.626. The highest BCUT2D eigenvalue weighted by Crippen LogP contribution is 2.19. The molecule has 0 spiro atoms. The molecule has 2 aromatic rings. The van der Waals surface area contributed by atoms with Gasteiger partial charge in [0.25, 0.3) is 0 Å². The van der Waals surface area contributed by atoms with E-state index in [0.717, 1.165) is 17.1 Å². The summed E-state index contributed by atoms with van der Waals surface area (Å²) in [6, 6.07) is 4.45. The molecule has 0 unspecified atom stereocenters. The van der Waals surface area contributed by atoms with Crippen molar-refractivity contribution in [3.8, 4) is 0 Å². The third-order valence-corrected chi connectivity index (χ3v) is 2.80. The fourth-order valence-electron chi connectivity index (χ4n) is 1.66. The zero-order valence-electron chi connectivity index (χ0n) is 9.17. The summed E-state index contributed by atoms with van der Waals surface area (Å²) >= 11 is 5.96. The molecule has 0 amide bonds. The number of hydrogen-bond acceptors (Lipinski definition) is 1. The van der Waals surface area contributed by atoms with Gasteiger partial charge < -0.3 is 4.57 Å². The van der Waals surface area contributed by atoms with Crippen molar-refractivity contribution < 1.29 is 4.39 Å². The lowest BCUT2D eigenvalue weighted by atomic mass is 10.2. The number of imidazole rings is 1. The number of aromatic nitrogens is 2. The van der Waals surface area contributed by atoms with Crippen LogP contribution in [0.1, 0.15) is 17.1 Å². The summed E-state index contributed by atoms with van der Waals surface area (Å²) in [5.41, 5.74) is 1.86. The molecule has 0 aliphatic rings. The van der Waals surface area contributed by atoms with Crippen LogP contribution in [0.15, 0.2) is 24.4 Å². The van der Waals surface area contributed by atoms with Crippen molar-refractivity contribution in [2.45, 2.75) is 20.4 Å². The van der Waals surface area contributed by atoms with Gasteiger partial charge in [-0.05, 0) is 31.5 Å². The van der Waals surface area contributed by atoms with Gasteiger partial charge in [0.15, 0.2) is 0 Å². The molecule has 16 heavy (non-hydrogen) atoms. The Morgan fingerprint density at radius 1 is 1.38 bits per heavy atom. The Hall–Kier alpha value is -1.35. The van der Waals surface area contributed by atoms with Crippen LogP contribution in [0.3, 0.4) is 0 Å². The maximum absolute atomic E-state index is 12.9. The summed E-state index contributed by atoms with van der Waals surface area (Å²) in [4.78, 5) is 4.30. The van der Waals surface area contributed by atoms with Crippen molar-refractivity contribution in [1.82, 2.24) is 9.55 Å². The molecule has 0 radical (unpaired) electrons. The van der Waals surface area contributed by atoms with Crippen LogP contribution in [0.2, 0.25) is 5.02 Å². The third-order valence-electron chi connectivity index (χ3n) is 2.45. The van der Waals surface area contributed by atoms with Crippen LogP contribution in [0, 0.1) is 19.7 Å². The topological polar surface area (TPSA) is 17.8 Å². The number of rotatable bonds is 2. The van der Waals surface area contributed by atoms with Crippen LogP contribution in [0.25, 0.3) is 0 Å². The van der Waals surface area contributed by atoms with Crippen molar-refractivity contribution in [2.24, 2.45) is 0 Å². The molecule has 1 aromatic carbocycles. The number of aryl methyl sites for hydroxylation is 2. The molecule has 1 heterocycles. The van der Waals surface area contributed by atoms with Gasteiger partial charge in [-0.1, -0.05) is 17.7 Å². The average molecular weight is 239 g/mol. The molecule has 4 heteroatoms. The van der Waals surface area contributed by atoms with Gasteiger partial charge in [-0.3, -0.25) is 0 Å². The van der Waals surface area contributed by atoms with E-state index in [4.69, 9.17) is 11.6 Å². The van der Waals surface area contributed by atoms with Gasteiger partial charge in [0.05, 0.1) is 12.2 Å². The Balaban J connectivity index is 2.30. The average Bonchev–Trinajstić information content (AvgIpc) is 2.50. The predicted molar refractivity (Wildman–Crippen MR) is 62.2 cm³/mol. The van der Waals surface area contributed by atoms with E-state index in [2.05, 4.69) is 4.98 Å². The van der Waals surface area contributed by atoms with Gasteiger partial charge in [-0.15, -0.1) is 0 Å². The van der Waals surface area contributed by atoms with E-state index in [1.807, 2.05) is 24.6 Å². The summed E-state index contributed by atoms with van der Waals surface area (Å²) in [7, 11) is 0. The van der Waals surface area contributed by atoms with Gasteiger partial charge in [-0.25, -0.2) is 9.37 Å². The normalized spacial score (nSPS) is 10.8. The van der Waals surface area contributed by atoms with Crippen molar-refractivity contribution in [2.75, 3.05) is 0 Å². The molecule has 0 aliphatic heterocycles. The molecule has 84 valence electrons. The minimum atomic E-state index is -0.313. The van der Waals surface area contributed by atoms with Gasteiger partial charge in [0.2, 0.25) is 0 Å². The zero-order chi connectivity index (χ0) is 11.7. The minimum absolute atomic E-state index is 0.313. The highest BCUT2D eigenvalue weighted by molar-refractivity contribution is 6.31. The molecule has 0 bridgehead atoms. The monoisotopic (exact) mass is 238 g/mol. The maximum atomic E-state index is 12.9. The second-order valence-corrected chi connectivity index (χ2v) is 4.20. The van der Waals surface area contributed by atoms with Crippen molar-refractivity contribution in [1.29, 1.82) is 0 Å². The van der Waals surface area contributed by atoms with Crippen LogP contribution in [-0.4, -0.2) is 9.55 Å². The van der Waals surface area contributed by atoms with Crippen molar-refractivity contribution in [3.63, 3.8) is 0 Å². The quantitative estimate of drug-likeness (QED) is 0.785. The second-order valence-electron chi connectivity index (χ2n) is 3.79. The molecular formula is C12H12ClFN2. The summed E-state index contributed by atoms with van der Waals surface area (Å²) in [5, 5.41) is 0.450. The highest BCUT2D eigenvalue weighted by atomic mass is 35.5. The van der Waals surface area contributed by atoms with Gasteiger partial charge in [-0.2, -0.15) is 0 Å². The molecule has 0 saturated heterocycles. The molecule has 0 saturated carbocycles. The summed E-state index contributed by atoms with van der Waals surface area (Å²) < 4.78 is 14.9. The molecule has 2 nitrogen and oxygen atoms in total. The fourth-order valence-corrected chi connectivity index (χ4v) is 1.89. The van der Waals surface area contributed by atoms with E-state index in [1.165, 1.54) is 12.1 Å². The molecule has 2 rings (SSSR count). The Morgan fingerprint density at radius 3 is 2.69 bits per heavy atom. The second kappa shape index (κ2) is 4.26. The lowest BCUT2D eigenvalue weighted by Gasteiger charge is -2.07. The van der Waals surface area contributed by atoms with E-state index in [-0.39, 0.29) is 5.82 Å².